The van der Waals surface area contributed by atoms with E-state index in [2.05, 4.69) is 20.6 Å². The number of carbonyl (C=O) groups is 1. The van der Waals surface area contributed by atoms with E-state index in [-0.39, 0.29) is 5.91 Å². The summed E-state index contributed by atoms with van der Waals surface area (Å²) in [5, 5.41) is 5.77. The van der Waals surface area contributed by atoms with Gasteiger partial charge in [0, 0.05) is 18.3 Å². The van der Waals surface area contributed by atoms with Gasteiger partial charge < -0.3 is 15.6 Å². The van der Waals surface area contributed by atoms with Gasteiger partial charge in [0.1, 0.15) is 0 Å². The number of benzene rings is 2. The molecule has 0 unspecified atom stereocenters. The summed E-state index contributed by atoms with van der Waals surface area (Å²) >= 11 is 0. The lowest BCUT2D eigenvalue weighted by Gasteiger charge is -2.05. The molecular weight excluding hydrogens is 252 g/mol. The zero-order valence-corrected chi connectivity index (χ0v) is 11.0. The predicted molar refractivity (Wildman–Crippen MR) is 79.2 cm³/mol. The molecule has 1 heterocycles. The Morgan fingerprint density at radius 1 is 1.15 bits per heavy atom. The van der Waals surface area contributed by atoms with Crippen molar-refractivity contribution in [2.24, 2.45) is 0 Å². The average molecular weight is 266 g/mol. The third kappa shape index (κ3) is 2.33. The maximum atomic E-state index is 11.6. The van der Waals surface area contributed by atoms with Crippen LogP contribution in [0.1, 0.15) is 10.4 Å². The Hall–Kier alpha value is -2.82. The Morgan fingerprint density at radius 3 is 2.80 bits per heavy atom. The molecule has 0 aliphatic carbocycles. The van der Waals surface area contributed by atoms with Gasteiger partial charge in [0.25, 0.3) is 5.91 Å². The molecule has 0 radical (unpaired) electrons. The first-order chi connectivity index (χ1) is 9.76. The highest BCUT2D eigenvalue weighted by Crippen LogP contribution is 2.18. The highest BCUT2D eigenvalue weighted by molar-refractivity contribution is 5.95. The molecule has 3 N–H and O–H groups in total. The second-order valence-corrected chi connectivity index (χ2v) is 4.39. The lowest BCUT2D eigenvalue weighted by atomic mass is 10.2. The van der Waals surface area contributed by atoms with Crippen molar-refractivity contribution in [3.63, 3.8) is 0 Å². The zero-order chi connectivity index (χ0) is 13.9. The quantitative estimate of drug-likeness (QED) is 0.682. The maximum absolute atomic E-state index is 11.6. The minimum absolute atomic E-state index is 0.113. The SMILES string of the molecule is CNC(=O)c1cccc(Nc2nc3ccccc3[nH]2)c1. The van der Waals surface area contributed by atoms with Gasteiger partial charge in [-0.3, -0.25) is 4.79 Å². The lowest BCUT2D eigenvalue weighted by molar-refractivity contribution is 0.0963. The molecule has 5 heteroatoms. The van der Waals surface area contributed by atoms with Crippen LogP contribution in [0.2, 0.25) is 0 Å². The van der Waals surface area contributed by atoms with Crippen LogP contribution in [0.15, 0.2) is 48.5 Å². The molecule has 3 aromatic rings. The highest BCUT2D eigenvalue weighted by atomic mass is 16.1. The van der Waals surface area contributed by atoms with E-state index < -0.39 is 0 Å². The Labute approximate surface area is 116 Å². The Morgan fingerprint density at radius 2 is 2.00 bits per heavy atom. The average Bonchev–Trinajstić information content (AvgIpc) is 2.88. The summed E-state index contributed by atoms with van der Waals surface area (Å²) in [7, 11) is 1.61. The lowest BCUT2D eigenvalue weighted by Crippen LogP contribution is -2.17. The van der Waals surface area contributed by atoms with Crippen molar-refractivity contribution in [2.45, 2.75) is 0 Å². The van der Waals surface area contributed by atoms with Gasteiger partial charge in [0.15, 0.2) is 0 Å². The van der Waals surface area contributed by atoms with Crippen molar-refractivity contribution in [2.75, 3.05) is 12.4 Å². The van der Waals surface area contributed by atoms with Crippen LogP contribution in [-0.4, -0.2) is 22.9 Å². The van der Waals surface area contributed by atoms with Gasteiger partial charge in [-0.25, -0.2) is 4.98 Å². The van der Waals surface area contributed by atoms with Crippen LogP contribution in [0.3, 0.4) is 0 Å². The second kappa shape index (κ2) is 5.05. The fourth-order valence-corrected chi connectivity index (χ4v) is 2.03. The number of para-hydroxylation sites is 2. The Bertz CT molecular complexity index is 730. The monoisotopic (exact) mass is 266 g/mol. The molecule has 100 valence electrons. The van der Waals surface area contributed by atoms with Crippen LogP contribution in [0.25, 0.3) is 11.0 Å². The van der Waals surface area contributed by atoms with Crippen LogP contribution < -0.4 is 10.6 Å². The summed E-state index contributed by atoms with van der Waals surface area (Å²) in [5.41, 5.74) is 3.29. The third-order valence-electron chi connectivity index (χ3n) is 3.00. The van der Waals surface area contributed by atoms with E-state index in [0.29, 0.717) is 11.5 Å². The maximum Gasteiger partial charge on any atom is 0.251 e. The first-order valence-electron chi connectivity index (χ1n) is 6.30. The topological polar surface area (TPSA) is 69.8 Å². The number of nitrogens with zero attached hydrogens (tertiary/aromatic N) is 1. The van der Waals surface area contributed by atoms with E-state index in [4.69, 9.17) is 0 Å². The highest BCUT2D eigenvalue weighted by Gasteiger charge is 2.05. The van der Waals surface area contributed by atoms with Crippen LogP contribution in [0.4, 0.5) is 11.6 Å². The predicted octanol–water partition coefficient (Wildman–Crippen LogP) is 2.67. The largest absolute Gasteiger partial charge is 0.355 e. The van der Waals surface area contributed by atoms with E-state index in [1.165, 1.54) is 0 Å². The zero-order valence-electron chi connectivity index (χ0n) is 11.0. The standard InChI is InChI=1S/C15H14N4O/c1-16-14(20)10-5-4-6-11(9-10)17-15-18-12-7-2-3-8-13(12)19-15/h2-9H,1H3,(H,16,20)(H2,17,18,19). The summed E-state index contributed by atoms with van der Waals surface area (Å²) in [5.74, 6) is 0.540. The number of H-pyrrole nitrogens is 1. The van der Waals surface area contributed by atoms with E-state index in [1.54, 1.807) is 19.2 Å². The normalized spacial score (nSPS) is 10.4. The van der Waals surface area contributed by atoms with Crippen LogP contribution >= 0.6 is 0 Å². The number of anilines is 2. The fourth-order valence-electron chi connectivity index (χ4n) is 2.03. The van der Waals surface area contributed by atoms with E-state index in [1.807, 2.05) is 36.4 Å². The molecule has 0 fully saturated rings. The molecule has 0 spiro atoms. The molecule has 1 aromatic heterocycles. The van der Waals surface area contributed by atoms with Crippen molar-refractivity contribution >= 4 is 28.6 Å². The van der Waals surface area contributed by atoms with Crippen molar-refractivity contribution < 1.29 is 4.79 Å². The molecule has 1 amide bonds. The van der Waals surface area contributed by atoms with Gasteiger partial charge in [-0.05, 0) is 30.3 Å². The number of carbonyl (C=O) groups excluding carboxylic acids is 1. The summed E-state index contributed by atoms with van der Waals surface area (Å²) in [4.78, 5) is 19.2. The molecule has 3 rings (SSSR count). The van der Waals surface area contributed by atoms with E-state index in [0.717, 1.165) is 16.7 Å². The molecular formula is C15H14N4O. The van der Waals surface area contributed by atoms with Crippen molar-refractivity contribution in [1.29, 1.82) is 0 Å². The van der Waals surface area contributed by atoms with E-state index >= 15 is 0 Å². The van der Waals surface area contributed by atoms with Crippen LogP contribution in [0, 0.1) is 0 Å². The van der Waals surface area contributed by atoms with Crippen molar-refractivity contribution in [3.05, 3.63) is 54.1 Å². The number of aromatic nitrogens is 2. The molecule has 2 aromatic carbocycles. The van der Waals surface area contributed by atoms with Crippen LogP contribution in [0.5, 0.6) is 0 Å². The number of rotatable bonds is 3. The third-order valence-corrected chi connectivity index (χ3v) is 3.00. The number of hydrogen-bond donors (Lipinski definition) is 3. The number of hydrogen-bond acceptors (Lipinski definition) is 3. The minimum atomic E-state index is -0.113. The number of amides is 1. The molecule has 5 nitrogen and oxygen atoms in total. The summed E-state index contributed by atoms with van der Waals surface area (Å²) in [6.07, 6.45) is 0. The van der Waals surface area contributed by atoms with Crippen molar-refractivity contribution in [3.8, 4) is 0 Å². The Kier molecular flexibility index (Phi) is 3.09. The van der Waals surface area contributed by atoms with Gasteiger partial charge in [-0.1, -0.05) is 18.2 Å². The minimum Gasteiger partial charge on any atom is -0.355 e. The molecule has 0 aliphatic rings. The first-order valence-corrected chi connectivity index (χ1v) is 6.30. The van der Waals surface area contributed by atoms with Crippen molar-refractivity contribution in [1.82, 2.24) is 15.3 Å². The smallest absolute Gasteiger partial charge is 0.251 e. The molecule has 0 atom stereocenters. The van der Waals surface area contributed by atoms with Gasteiger partial charge >= 0.3 is 0 Å². The Balaban J connectivity index is 1.88. The molecule has 0 bridgehead atoms. The molecule has 0 aliphatic heterocycles. The molecule has 0 saturated heterocycles. The fraction of sp³-hybridized carbons (Fsp3) is 0.0667. The van der Waals surface area contributed by atoms with Crippen LogP contribution in [-0.2, 0) is 0 Å². The summed E-state index contributed by atoms with van der Waals surface area (Å²) in [6.45, 7) is 0. The van der Waals surface area contributed by atoms with Gasteiger partial charge in [0.2, 0.25) is 5.95 Å². The van der Waals surface area contributed by atoms with Gasteiger partial charge in [-0.15, -0.1) is 0 Å². The summed E-state index contributed by atoms with van der Waals surface area (Å²) < 4.78 is 0. The number of imidazole rings is 1. The summed E-state index contributed by atoms with van der Waals surface area (Å²) in [6, 6.07) is 15.1. The number of fused-ring (bicyclic) bond motifs is 1. The van der Waals surface area contributed by atoms with Gasteiger partial charge in [0.05, 0.1) is 11.0 Å². The second-order valence-electron chi connectivity index (χ2n) is 4.39. The number of nitrogens with one attached hydrogen (secondary N) is 3. The first kappa shape index (κ1) is 12.2. The number of aromatic amines is 1. The van der Waals surface area contributed by atoms with E-state index in [9.17, 15) is 4.79 Å². The van der Waals surface area contributed by atoms with Gasteiger partial charge in [-0.2, -0.15) is 0 Å². The molecule has 20 heavy (non-hydrogen) atoms. The molecule has 0 saturated carbocycles.